The van der Waals surface area contributed by atoms with Crippen LogP contribution in [0, 0.1) is 8.35 Å². The van der Waals surface area contributed by atoms with E-state index in [0.717, 1.165) is 14.4 Å². The van der Waals surface area contributed by atoms with Gasteiger partial charge in [0.15, 0.2) is 0 Å². The Hall–Kier alpha value is -5.50. The van der Waals surface area contributed by atoms with Gasteiger partial charge in [-0.2, -0.15) is 8.73 Å². The maximum Gasteiger partial charge on any atom is 0.494 e. The molecule has 8 nitrogen and oxygen atoms in total. The standard InChI is InChI=1S/C24H26BNO3S.C18H14BrNOS.C12H11NOS.C6H4BrI.4CH4/c1-23(2)24(3,4)29-25(28-23)19-15-17-20(18-16-19)26-30(27,21-11-7-5-8-12-21)22-13-9-6-10-14-22;19-15-11-13-16(14-12-15)20-22(21,17-7-3-1-4-8-17)18-9-5-2-6-10-18;13-15(14,11-7-3-1-4-8-11)12-9-5-2-6-10-12;7-5-1-3-6(8)4-2-5;;;;/h5-18H,1-4H3;1-14H;1-10,13H;1-4H;4*1H4. The third kappa shape index (κ3) is 18.0. The number of benzene rings is 9. The summed E-state index contributed by atoms with van der Waals surface area (Å²) in [7, 11) is -8.78. The summed E-state index contributed by atoms with van der Waals surface area (Å²) in [5, 5.41) is 0. The summed E-state index contributed by atoms with van der Waals surface area (Å²) in [6.45, 7) is 8.13. The molecule has 0 aromatic heterocycles. The summed E-state index contributed by atoms with van der Waals surface area (Å²) in [5.41, 5.74) is 1.47. The third-order valence-corrected chi connectivity index (χ3v) is 20.1. The maximum absolute atomic E-state index is 14.1. The van der Waals surface area contributed by atoms with E-state index in [9.17, 15) is 12.6 Å². The van der Waals surface area contributed by atoms with E-state index in [1.807, 2.05) is 222 Å². The maximum atomic E-state index is 14.1. The van der Waals surface area contributed by atoms with Crippen LogP contribution >= 0.6 is 54.5 Å². The zero-order valence-corrected chi connectivity index (χ0v) is 49.4. The first-order chi connectivity index (χ1) is 35.9. The number of hydrogen-bond acceptors (Lipinski definition) is 8. The average Bonchev–Trinajstić information content (AvgIpc) is 3.73. The van der Waals surface area contributed by atoms with Crippen molar-refractivity contribution in [3.63, 3.8) is 0 Å². The summed E-state index contributed by atoms with van der Waals surface area (Å²) in [4.78, 5) is 3.90. The molecule has 79 heavy (non-hydrogen) atoms. The summed E-state index contributed by atoms with van der Waals surface area (Å²) in [6, 6.07) is 78.7. The van der Waals surface area contributed by atoms with Gasteiger partial charge in [-0.15, -0.1) is 0 Å². The lowest BCUT2D eigenvalue weighted by atomic mass is 9.79. The van der Waals surface area contributed by atoms with E-state index < -0.39 is 47.5 Å². The molecule has 0 aliphatic carbocycles. The SMILES string of the molecule is Brc1ccc(I)cc1.C.C.C.C.CC1(C)OB(c2ccc(N=S(=O)(c3ccccc3)c3ccccc3)cc2)OC1(C)C.N=S(=O)(c1ccccc1)c1ccccc1.O=S(=Nc1ccc(Br)cc1)(c1ccccc1)c1ccccc1. The molecule has 0 spiro atoms. The Morgan fingerprint density at radius 2 is 0.633 bits per heavy atom. The Morgan fingerprint density at radius 3 is 0.899 bits per heavy atom. The van der Waals surface area contributed by atoms with Crippen LogP contribution in [-0.2, 0) is 38.5 Å². The van der Waals surface area contributed by atoms with Gasteiger partial charge in [-0.3, -0.25) is 0 Å². The second kappa shape index (κ2) is 30.9. The highest BCUT2D eigenvalue weighted by Gasteiger charge is 2.51. The minimum atomic E-state index is -2.84. The van der Waals surface area contributed by atoms with E-state index in [1.165, 1.54) is 3.57 Å². The zero-order chi connectivity index (χ0) is 53.5. The molecule has 414 valence electrons. The van der Waals surface area contributed by atoms with Crippen molar-refractivity contribution < 1.29 is 21.9 Å². The van der Waals surface area contributed by atoms with Gasteiger partial charge in [0.25, 0.3) is 0 Å². The van der Waals surface area contributed by atoms with E-state index >= 15 is 0 Å². The predicted octanol–water partition coefficient (Wildman–Crippen LogP) is 19.6. The molecule has 0 amide bonds. The highest BCUT2D eigenvalue weighted by Crippen LogP contribution is 2.37. The lowest BCUT2D eigenvalue weighted by Crippen LogP contribution is -2.41. The highest BCUT2D eigenvalue weighted by molar-refractivity contribution is 14.1. The van der Waals surface area contributed by atoms with E-state index in [4.69, 9.17) is 18.5 Å². The quantitative estimate of drug-likeness (QED) is 0.114. The molecule has 0 unspecified atom stereocenters. The summed E-state index contributed by atoms with van der Waals surface area (Å²) >= 11 is 9.02. The largest absolute Gasteiger partial charge is 0.494 e. The minimum absolute atomic E-state index is 0. The first kappa shape index (κ1) is 67.8. The monoisotopic (exact) mass is 1350 g/mol. The van der Waals surface area contributed by atoms with Gasteiger partial charge in [0.2, 0.25) is 0 Å². The molecule has 9 aromatic rings. The molecule has 0 atom stereocenters. The Labute approximate surface area is 503 Å². The highest BCUT2D eigenvalue weighted by atomic mass is 127. The van der Waals surface area contributed by atoms with Crippen LogP contribution in [0.4, 0.5) is 11.4 Å². The number of nitrogens with zero attached hydrogens (tertiary/aromatic N) is 2. The molecule has 1 heterocycles. The van der Waals surface area contributed by atoms with E-state index in [1.54, 1.807) is 48.5 Å². The van der Waals surface area contributed by atoms with Gasteiger partial charge in [0.05, 0.1) is 51.9 Å². The Balaban J connectivity index is 0.000000295. The molecule has 1 N–H and O–H groups in total. The summed E-state index contributed by atoms with van der Waals surface area (Å²) in [6.07, 6.45) is 0. The lowest BCUT2D eigenvalue weighted by molar-refractivity contribution is 0.00578. The summed E-state index contributed by atoms with van der Waals surface area (Å²) in [5.74, 6) is 0. The molecule has 10 rings (SSSR count). The van der Waals surface area contributed by atoms with E-state index in [0.29, 0.717) is 40.7 Å². The Kier molecular flexibility index (Phi) is 26.5. The smallest absolute Gasteiger partial charge is 0.399 e. The Bertz CT molecular complexity index is 3440. The van der Waals surface area contributed by atoms with Gasteiger partial charge in [-0.05, 0) is 189 Å². The fourth-order valence-corrected chi connectivity index (χ4v) is 13.3. The van der Waals surface area contributed by atoms with Crippen LogP contribution in [0.25, 0.3) is 0 Å². The van der Waals surface area contributed by atoms with Crippen molar-refractivity contribution in [1.82, 2.24) is 0 Å². The Morgan fingerprint density at radius 1 is 0.392 bits per heavy atom. The van der Waals surface area contributed by atoms with Crippen LogP contribution in [0.15, 0.2) is 302 Å². The molecule has 9 aromatic carbocycles. The number of halogens is 3. The van der Waals surface area contributed by atoms with Crippen molar-refractivity contribution >= 4 is 108 Å². The fourth-order valence-electron chi connectivity index (χ4n) is 7.16. The van der Waals surface area contributed by atoms with Gasteiger partial charge >= 0.3 is 7.12 Å². The van der Waals surface area contributed by atoms with Crippen molar-refractivity contribution in [1.29, 1.82) is 4.78 Å². The van der Waals surface area contributed by atoms with E-state index in [2.05, 4.69) is 70.9 Å². The average molecular weight is 1360 g/mol. The molecular formula is C64H71BBr2IN3O5S3. The van der Waals surface area contributed by atoms with Gasteiger partial charge < -0.3 is 9.31 Å². The molecule has 1 aliphatic rings. The second-order valence-electron chi connectivity index (χ2n) is 17.8. The van der Waals surface area contributed by atoms with Gasteiger partial charge in [0, 0.05) is 12.5 Å². The van der Waals surface area contributed by atoms with Crippen molar-refractivity contribution in [3.05, 3.63) is 267 Å². The second-order valence-corrected chi connectivity index (χ2v) is 27.2. The number of nitrogens with one attached hydrogen (secondary N) is 1. The molecule has 1 saturated heterocycles. The molecule has 0 radical (unpaired) electrons. The molecular weight excluding hydrogens is 1280 g/mol. The molecule has 0 bridgehead atoms. The molecule has 1 fully saturated rings. The molecule has 0 saturated carbocycles. The van der Waals surface area contributed by atoms with Crippen LogP contribution in [-0.4, -0.2) is 30.9 Å². The first-order valence-corrected chi connectivity index (χ1v) is 30.9. The van der Waals surface area contributed by atoms with Crippen molar-refractivity contribution in [3.8, 4) is 0 Å². The van der Waals surface area contributed by atoms with Gasteiger partial charge in [-0.1, -0.05) is 183 Å². The van der Waals surface area contributed by atoms with Crippen molar-refractivity contribution in [2.24, 2.45) is 8.73 Å². The number of hydrogen-bond donors (Lipinski definition) is 1. The van der Waals surface area contributed by atoms with Crippen molar-refractivity contribution in [2.75, 3.05) is 0 Å². The molecule has 1 aliphatic heterocycles. The van der Waals surface area contributed by atoms with Crippen LogP contribution in [0.5, 0.6) is 0 Å². The van der Waals surface area contributed by atoms with Crippen LogP contribution in [0.3, 0.4) is 0 Å². The first-order valence-electron chi connectivity index (χ1n) is 23.7. The number of rotatable bonds is 9. The van der Waals surface area contributed by atoms with E-state index in [-0.39, 0.29) is 29.7 Å². The topological polar surface area (TPSA) is 118 Å². The predicted molar refractivity (Wildman–Crippen MR) is 350 cm³/mol. The van der Waals surface area contributed by atoms with Crippen LogP contribution in [0.1, 0.15) is 57.4 Å². The van der Waals surface area contributed by atoms with Crippen molar-refractivity contribution in [2.45, 2.75) is 98.0 Å². The van der Waals surface area contributed by atoms with Crippen LogP contribution < -0.4 is 5.46 Å². The molecule has 15 heteroatoms. The third-order valence-electron chi connectivity index (χ3n) is 11.9. The fraction of sp³-hybridized carbons (Fsp3) is 0.156. The normalized spacial score (nSPS) is 12.9. The summed E-state index contributed by atoms with van der Waals surface area (Å²) < 4.78 is 72.8. The minimum Gasteiger partial charge on any atom is -0.399 e. The van der Waals surface area contributed by atoms with Gasteiger partial charge in [0.1, 0.15) is 29.2 Å². The van der Waals surface area contributed by atoms with Crippen LogP contribution in [0.2, 0.25) is 0 Å². The van der Waals surface area contributed by atoms with Gasteiger partial charge in [-0.25, -0.2) is 17.4 Å². The lowest BCUT2D eigenvalue weighted by Gasteiger charge is -2.32. The zero-order valence-electron chi connectivity index (χ0n) is 41.6.